The zero-order chi connectivity index (χ0) is 22.3. The van der Waals surface area contributed by atoms with E-state index in [9.17, 15) is 24.7 Å². The molecule has 2 atom stereocenters. The summed E-state index contributed by atoms with van der Waals surface area (Å²) < 4.78 is 7.98. The zero-order valence-electron chi connectivity index (χ0n) is 15.2. The van der Waals surface area contributed by atoms with Gasteiger partial charge in [-0.15, -0.1) is 0 Å². The number of nitrogens with one attached hydrogen (secondary N) is 1. The average molecular weight is 502 g/mol. The molecule has 0 spiro atoms. The van der Waals surface area contributed by atoms with Crippen LogP contribution >= 0.6 is 46.4 Å². The van der Waals surface area contributed by atoms with Gasteiger partial charge in [-0.05, 0) is 12.8 Å². The van der Waals surface area contributed by atoms with Gasteiger partial charge in [0, 0.05) is 4.91 Å². The highest BCUT2D eigenvalue weighted by Gasteiger charge is 2.54. The number of rotatable bonds is 6. The van der Waals surface area contributed by atoms with Crippen LogP contribution in [0.5, 0.6) is 0 Å². The highest BCUT2D eigenvalue weighted by molar-refractivity contribution is 8.03. The van der Waals surface area contributed by atoms with E-state index in [-0.39, 0.29) is 20.9 Å². The molecule has 1 saturated heterocycles. The van der Waals surface area contributed by atoms with Gasteiger partial charge >= 0.3 is 5.97 Å². The number of aromatic nitrogens is 3. The average Bonchev–Trinajstić information content (AvgIpc) is 3.35. The number of nitrogen functional groups attached to an aromatic ring is 1. The second-order valence-corrected chi connectivity index (χ2v) is 9.62. The van der Waals surface area contributed by atoms with E-state index in [1.807, 2.05) is 0 Å². The van der Waals surface area contributed by atoms with Crippen molar-refractivity contribution in [3.8, 4) is 0 Å². The number of carbonyl (C=O) groups excluding carboxylic acids is 2. The molecule has 12 nitrogen and oxygen atoms in total. The summed E-state index contributed by atoms with van der Waals surface area (Å²) in [6, 6.07) is -1.54. The van der Waals surface area contributed by atoms with E-state index in [1.165, 1.54) is 6.20 Å². The molecule has 5 N–H and O–H groups in total. The molecule has 31 heavy (non-hydrogen) atoms. The van der Waals surface area contributed by atoms with Crippen molar-refractivity contribution in [3.63, 3.8) is 0 Å². The molecule has 0 aromatic carbocycles. The molecule has 2 aliphatic rings. The molecule has 16 heteroatoms. The Hall–Kier alpha value is -2.75. The van der Waals surface area contributed by atoms with Gasteiger partial charge in [0.25, 0.3) is 11.8 Å². The largest absolute Gasteiger partial charge is 0.477 e. The highest BCUT2D eigenvalue weighted by atomic mass is 35.5. The number of aliphatic carboxylic acids is 1. The molecule has 2 aromatic heterocycles. The number of thioether (sulfide) groups is 1. The monoisotopic (exact) mass is 501 g/mol. The minimum atomic E-state index is -1.25. The van der Waals surface area contributed by atoms with E-state index in [0.717, 1.165) is 39.7 Å². The van der Waals surface area contributed by atoms with Gasteiger partial charge in [-0.2, -0.15) is 8.75 Å². The van der Waals surface area contributed by atoms with E-state index in [1.54, 1.807) is 0 Å². The minimum Gasteiger partial charge on any atom is -0.477 e. The van der Waals surface area contributed by atoms with Crippen LogP contribution in [0.1, 0.15) is 18.5 Å². The number of anilines is 1. The first-order chi connectivity index (χ1) is 14.8. The van der Waals surface area contributed by atoms with Crippen LogP contribution in [0.3, 0.4) is 0 Å². The van der Waals surface area contributed by atoms with Crippen molar-refractivity contribution >= 4 is 75.1 Å². The molecular weight excluding hydrogens is 490 g/mol. The van der Waals surface area contributed by atoms with Crippen LogP contribution in [0.15, 0.2) is 27.0 Å². The molecule has 2 unspecified atom stereocenters. The highest BCUT2D eigenvalue weighted by Crippen LogP contribution is 2.42. The van der Waals surface area contributed by atoms with Gasteiger partial charge in [0.05, 0.1) is 24.0 Å². The van der Waals surface area contributed by atoms with Crippen LogP contribution in [0.2, 0.25) is 4.34 Å². The standard InChI is InChI=1S/C15H12ClN7O5S3/c16-11-8(20-15(17)30-11)9(21-28)12(24)19-7-4-1-2-5(29-6-3-18-31-22-6)10(14(26)27)23(4)13(7)25/h3-4,7,28H,1-2H2,(H2,17,20)(H,19,24)(H,26,27)/b21-9-. The first-order valence-corrected chi connectivity index (χ1v) is 11.3. The summed E-state index contributed by atoms with van der Waals surface area (Å²) in [7, 11) is 0. The Morgan fingerprint density at radius 3 is 2.81 bits per heavy atom. The summed E-state index contributed by atoms with van der Waals surface area (Å²) in [5.41, 5.74) is 4.79. The fourth-order valence-corrected chi connectivity index (χ4v) is 5.75. The third-order valence-electron chi connectivity index (χ3n) is 4.59. The summed E-state index contributed by atoms with van der Waals surface area (Å²) in [6.07, 6.45) is 2.31. The molecule has 2 amide bonds. The van der Waals surface area contributed by atoms with Crippen molar-refractivity contribution in [2.24, 2.45) is 5.16 Å². The quantitative estimate of drug-likeness (QED) is 0.192. The Morgan fingerprint density at radius 1 is 1.45 bits per heavy atom. The number of allylic oxidation sites excluding steroid dienone is 1. The van der Waals surface area contributed by atoms with Gasteiger partial charge in [0.1, 0.15) is 26.8 Å². The van der Waals surface area contributed by atoms with Crippen molar-refractivity contribution in [2.75, 3.05) is 5.73 Å². The van der Waals surface area contributed by atoms with Gasteiger partial charge in [0.15, 0.2) is 10.8 Å². The second-order valence-electron chi connectivity index (χ2n) is 6.31. The molecule has 0 radical (unpaired) electrons. The van der Waals surface area contributed by atoms with E-state index < -0.39 is 35.6 Å². The Morgan fingerprint density at radius 2 is 2.23 bits per heavy atom. The third kappa shape index (κ3) is 3.84. The van der Waals surface area contributed by atoms with Gasteiger partial charge in [-0.1, -0.05) is 39.9 Å². The van der Waals surface area contributed by atoms with Gasteiger partial charge < -0.3 is 21.4 Å². The van der Waals surface area contributed by atoms with Crippen LogP contribution in [-0.2, 0) is 14.4 Å². The Kier molecular flexibility index (Phi) is 5.83. The van der Waals surface area contributed by atoms with Crippen LogP contribution in [-0.4, -0.2) is 64.5 Å². The Balaban J connectivity index is 1.53. The van der Waals surface area contributed by atoms with Crippen molar-refractivity contribution in [3.05, 3.63) is 26.8 Å². The summed E-state index contributed by atoms with van der Waals surface area (Å²) in [6.45, 7) is 0. The first kappa shape index (κ1) is 21.5. The van der Waals surface area contributed by atoms with Crippen LogP contribution in [0.4, 0.5) is 5.13 Å². The normalized spacial score (nSPS) is 21.0. The van der Waals surface area contributed by atoms with Crippen LogP contribution in [0, 0.1) is 0 Å². The number of β-lactam (4-membered cyclic amide) rings is 1. The maximum Gasteiger partial charge on any atom is 0.353 e. The number of carboxylic acid groups (broad SMARTS) is 1. The fraction of sp³-hybridized carbons (Fsp3) is 0.267. The topological polar surface area (TPSA) is 184 Å². The number of hydrogen-bond acceptors (Lipinski definition) is 12. The predicted octanol–water partition coefficient (Wildman–Crippen LogP) is 0.986. The fourth-order valence-electron chi connectivity index (χ4n) is 3.33. The Bertz CT molecular complexity index is 1130. The maximum atomic E-state index is 12.7. The number of thiazole rings is 1. The lowest BCUT2D eigenvalue weighted by molar-refractivity contribution is -0.155. The minimum absolute atomic E-state index is 0.0500. The number of hydrogen-bond donors (Lipinski definition) is 4. The number of nitrogens with zero attached hydrogens (tertiary/aromatic N) is 5. The smallest absolute Gasteiger partial charge is 0.353 e. The first-order valence-electron chi connectivity index (χ1n) is 8.51. The zero-order valence-corrected chi connectivity index (χ0v) is 18.4. The number of halogens is 1. The summed E-state index contributed by atoms with van der Waals surface area (Å²) in [5, 5.41) is 25.0. The molecule has 2 aromatic rings. The SMILES string of the molecule is Nc1nc(/C(=N/O)C(=O)NC2C(=O)N3C(C(=O)O)=C(Sc4cnsn4)CCC23)c(Cl)s1. The van der Waals surface area contributed by atoms with Gasteiger partial charge in [-0.3, -0.25) is 14.5 Å². The van der Waals surface area contributed by atoms with E-state index >= 15 is 0 Å². The molecular formula is C15H12ClN7O5S3. The number of carbonyl (C=O) groups is 3. The second kappa shape index (κ2) is 8.41. The Labute approximate surface area is 191 Å². The molecule has 4 rings (SSSR count). The predicted molar refractivity (Wildman–Crippen MR) is 112 cm³/mol. The lowest BCUT2D eigenvalue weighted by Gasteiger charge is -2.50. The molecule has 0 saturated carbocycles. The van der Waals surface area contributed by atoms with Crippen molar-refractivity contribution < 1.29 is 24.7 Å². The number of nitrogens with two attached hydrogens (primary N) is 1. The van der Waals surface area contributed by atoms with Crippen molar-refractivity contribution in [1.29, 1.82) is 0 Å². The third-order valence-corrected chi connectivity index (χ3v) is 7.32. The molecule has 162 valence electrons. The molecule has 4 heterocycles. The lowest BCUT2D eigenvalue weighted by atomic mass is 9.86. The van der Waals surface area contributed by atoms with E-state index in [0.29, 0.717) is 22.8 Å². The summed E-state index contributed by atoms with van der Waals surface area (Å²) in [4.78, 5) is 42.7. The number of fused-ring (bicyclic) bond motifs is 1. The summed E-state index contributed by atoms with van der Waals surface area (Å²) in [5.74, 6) is -2.73. The van der Waals surface area contributed by atoms with Crippen LogP contribution < -0.4 is 11.1 Å². The van der Waals surface area contributed by atoms with E-state index in [4.69, 9.17) is 17.3 Å². The molecule has 2 aliphatic heterocycles. The molecule has 0 bridgehead atoms. The molecule has 1 fully saturated rings. The number of amides is 2. The number of oxime groups is 1. The van der Waals surface area contributed by atoms with Gasteiger partial charge in [-0.25, -0.2) is 9.78 Å². The van der Waals surface area contributed by atoms with Crippen molar-refractivity contribution in [1.82, 2.24) is 23.9 Å². The van der Waals surface area contributed by atoms with E-state index in [2.05, 4.69) is 24.2 Å². The summed E-state index contributed by atoms with van der Waals surface area (Å²) >= 11 is 8.99. The maximum absolute atomic E-state index is 12.7. The molecule has 0 aliphatic carbocycles. The number of carboxylic acids is 1. The van der Waals surface area contributed by atoms with Crippen LogP contribution in [0.25, 0.3) is 0 Å². The van der Waals surface area contributed by atoms with Gasteiger partial charge in [0.2, 0.25) is 0 Å². The lowest BCUT2D eigenvalue weighted by Crippen LogP contribution is -2.72. The van der Waals surface area contributed by atoms with Crippen molar-refractivity contribution in [2.45, 2.75) is 30.0 Å².